The van der Waals surface area contributed by atoms with E-state index in [1.807, 2.05) is 6.92 Å². The molecule has 114 valence electrons. The minimum Gasteiger partial charge on any atom is -0.478 e. The summed E-state index contributed by atoms with van der Waals surface area (Å²) >= 11 is 0. The van der Waals surface area contributed by atoms with Crippen molar-refractivity contribution in [1.82, 2.24) is 4.98 Å². The number of ether oxygens (including phenoxy) is 1. The predicted molar refractivity (Wildman–Crippen MR) is 74.7 cm³/mol. The van der Waals surface area contributed by atoms with Gasteiger partial charge in [-0.25, -0.2) is 9.78 Å². The molecule has 1 aromatic heterocycles. The van der Waals surface area contributed by atoms with Crippen molar-refractivity contribution < 1.29 is 19.6 Å². The van der Waals surface area contributed by atoms with Gasteiger partial charge in [0, 0.05) is 25.8 Å². The van der Waals surface area contributed by atoms with Crippen LogP contribution in [0.1, 0.15) is 30.1 Å². The number of pyridine rings is 1. The fourth-order valence-corrected chi connectivity index (χ4v) is 2.36. The molecule has 0 aromatic carbocycles. The van der Waals surface area contributed by atoms with E-state index in [0.29, 0.717) is 19.7 Å². The Labute approximate surface area is 121 Å². The molecular formula is C13H17N3O5. The van der Waals surface area contributed by atoms with Gasteiger partial charge in [-0.15, -0.1) is 0 Å². The Morgan fingerprint density at radius 3 is 2.95 bits per heavy atom. The summed E-state index contributed by atoms with van der Waals surface area (Å²) in [5.74, 6) is -0.988. The van der Waals surface area contributed by atoms with Gasteiger partial charge in [0.2, 0.25) is 0 Å². The molecule has 1 fully saturated rings. The number of hydrogen-bond acceptors (Lipinski definition) is 6. The number of carboxylic acid groups (broad SMARTS) is 1. The number of aromatic nitrogens is 1. The first-order chi connectivity index (χ1) is 10.0. The SMILES string of the molecule is CCN(CC1CCCO1)c1ncc([N+](=O)[O-])cc1C(=O)O. The lowest BCUT2D eigenvalue weighted by Crippen LogP contribution is -2.33. The molecule has 0 saturated carbocycles. The minimum atomic E-state index is -1.23. The lowest BCUT2D eigenvalue weighted by molar-refractivity contribution is -0.385. The highest BCUT2D eigenvalue weighted by atomic mass is 16.6. The molecule has 0 amide bonds. The summed E-state index contributed by atoms with van der Waals surface area (Å²) in [6.45, 7) is 3.66. The Bertz CT molecular complexity index is 543. The summed E-state index contributed by atoms with van der Waals surface area (Å²) in [5.41, 5.74) is -0.492. The average Bonchev–Trinajstić information content (AvgIpc) is 2.97. The smallest absolute Gasteiger partial charge is 0.339 e. The van der Waals surface area contributed by atoms with E-state index in [1.54, 1.807) is 4.90 Å². The fraction of sp³-hybridized carbons (Fsp3) is 0.538. The standard InChI is InChI=1S/C13H17N3O5/c1-2-15(8-10-4-3-5-21-10)12-11(13(17)18)6-9(7-14-12)16(19)20/h6-7,10H,2-5,8H2,1H3,(H,17,18). The van der Waals surface area contributed by atoms with Crippen LogP contribution in [0.3, 0.4) is 0 Å². The molecule has 0 radical (unpaired) electrons. The topological polar surface area (TPSA) is 106 Å². The number of likely N-dealkylation sites (N-methyl/N-ethyl adjacent to an activating group) is 1. The van der Waals surface area contributed by atoms with Gasteiger partial charge < -0.3 is 14.7 Å². The van der Waals surface area contributed by atoms with Gasteiger partial charge in [-0.3, -0.25) is 10.1 Å². The monoisotopic (exact) mass is 295 g/mol. The van der Waals surface area contributed by atoms with Crippen LogP contribution in [0.25, 0.3) is 0 Å². The van der Waals surface area contributed by atoms with Gasteiger partial charge in [-0.05, 0) is 19.8 Å². The Kier molecular flexibility index (Phi) is 4.69. The van der Waals surface area contributed by atoms with Crippen molar-refractivity contribution in [1.29, 1.82) is 0 Å². The van der Waals surface area contributed by atoms with E-state index in [0.717, 1.165) is 25.1 Å². The number of anilines is 1. The highest BCUT2D eigenvalue weighted by Crippen LogP contribution is 2.24. The van der Waals surface area contributed by atoms with E-state index in [1.165, 1.54) is 0 Å². The number of rotatable bonds is 6. The number of carbonyl (C=O) groups is 1. The molecule has 1 saturated heterocycles. The van der Waals surface area contributed by atoms with Crippen molar-refractivity contribution in [3.05, 3.63) is 27.9 Å². The molecule has 0 spiro atoms. The van der Waals surface area contributed by atoms with Gasteiger partial charge in [0.1, 0.15) is 17.6 Å². The Morgan fingerprint density at radius 1 is 1.67 bits per heavy atom. The number of nitrogens with zero attached hydrogens (tertiary/aromatic N) is 3. The van der Waals surface area contributed by atoms with Crippen molar-refractivity contribution >= 4 is 17.5 Å². The van der Waals surface area contributed by atoms with Gasteiger partial charge >= 0.3 is 5.97 Å². The maximum absolute atomic E-state index is 11.3. The third kappa shape index (κ3) is 3.46. The molecule has 2 heterocycles. The summed E-state index contributed by atoms with van der Waals surface area (Å²) in [6, 6.07) is 1.04. The van der Waals surface area contributed by atoms with Crippen LogP contribution in [0.4, 0.5) is 11.5 Å². The highest BCUT2D eigenvalue weighted by molar-refractivity contribution is 5.94. The summed E-state index contributed by atoms with van der Waals surface area (Å²) in [7, 11) is 0. The van der Waals surface area contributed by atoms with Crippen molar-refractivity contribution in [3.8, 4) is 0 Å². The molecule has 2 rings (SSSR count). The molecule has 1 unspecified atom stereocenters. The van der Waals surface area contributed by atoms with Gasteiger partial charge in [-0.2, -0.15) is 0 Å². The molecule has 0 aliphatic carbocycles. The summed E-state index contributed by atoms with van der Waals surface area (Å²) in [6.07, 6.45) is 3.04. The molecular weight excluding hydrogens is 278 g/mol. The molecule has 8 heteroatoms. The predicted octanol–water partition coefficient (Wildman–Crippen LogP) is 1.69. The van der Waals surface area contributed by atoms with Crippen LogP contribution in [0.2, 0.25) is 0 Å². The molecule has 0 bridgehead atoms. The first-order valence-electron chi connectivity index (χ1n) is 6.77. The van der Waals surface area contributed by atoms with E-state index in [2.05, 4.69) is 4.98 Å². The minimum absolute atomic E-state index is 0.0450. The van der Waals surface area contributed by atoms with Gasteiger partial charge in [-0.1, -0.05) is 0 Å². The van der Waals surface area contributed by atoms with Crippen LogP contribution in [0, 0.1) is 10.1 Å². The molecule has 1 aromatic rings. The summed E-state index contributed by atoms with van der Waals surface area (Å²) in [5, 5.41) is 20.0. The third-order valence-corrected chi connectivity index (χ3v) is 3.42. The van der Waals surface area contributed by atoms with Crippen molar-refractivity contribution in [2.24, 2.45) is 0 Å². The van der Waals surface area contributed by atoms with Crippen molar-refractivity contribution in [2.45, 2.75) is 25.9 Å². The fourth-order valence-electron chi connectivity index (χ4n) is 2.36. The molecule has 1 atom stereocenters. The van der Waals surface area contributed by atoms with E-state index >= 15 is 0 Å². The van der Waals surface area contributed by atoms with E-state index < -0.39 is 10.9 Å². The lowest BCUT2D eigenvalue weighted by Gasteiger charge is -2.25. The number of aromatic carboxylic acids is 1. The average molecular weight is 295 g/mol. The van der Waals surface area contributed by atoms with Crippen LogP contribution in [-0.4, -0.2) is 46.8 Å². The highest BCUT2D eigenvalue weighted by Gasteiger charge is 2.24. The van der Waals surface area contributed by atoms with Crippen LogP contribution in [0.5, 0.6) is 0 Å². The van der Waals surface area contributed by atoms with E-state index in [9.17, 15) is 20.0 Å². The van der Waals surface area contributed by atoms with E-state index in [4.69, 9.17) is 4.74 Å². The molecule has 1 aliphatic heterocycles. The number of nitro groups is 1. The quantitative estimate of drug-likeness (QED) is 0.628. The van der Waals surface area contributed by atoms with Crippen molar-refractivity contribution in [3.63, 3.8) is 0 Å². The van der Waals surface area contributed by atoms with Crippen LogP contribution in [0.15, 0.2) is 12.3 Å². The Hall–Kier alpha value is -2.22. The molecule has 21 heavy (non-hydrogen) atoms. The molecule has 8 nitrogen and oxygen atoms in total. The molecule has 1 aliphatic rings. The zero-order chi connectivity index (χ0) is 15.4. The second-order valence-corrected chi connectivity index (χ2v) is 4.80. The first-order valence-corrected chi connectivity index (χ1v) is 6.77. The number of carboxylic acids is 1. The largest absolute Gasteiger partial charge is 0.478 e. The molecule has 1 N–H and O–H groups in total. The summed E-state index contributed by atoms with van der Waals surface area (Å²) in [4.78, 5) is 27.2. The van der Waals surface area contributed by atoms with Gasteiger partial charge in [0.15, 0.2) is 0 Å². The maximum Gasteiger partial charge on any atom is 0.339 e. The normalized spacial score (nSPS) is 17.7. The zero-order valence-corrected chi connectivity index (χ0v) is 11.7. The van der Waals surface area contributed by atoms with Crippen LogP contribution < -0.4 is 4.90 Å². The van der Waals surface area contributed by atoms with Gasteiger partial charge in [0.25, 0.3) is 5.69 Å². The Balaban J connectivity index is 2.30. The second-order valence-electron chi connectivity index (χ2n) is 4.80. The zero-order valence-electron chi connectivity index (χ0n) is 11.7. The number of hydrogen-bond donors (Lipinski definition) is 1. The second kappa shape index (κ2) is 6.49. The van der Waals surface area contributed by atoms with Crippen LogP contribution >= 0.6 is 0 Å². The first kappa shape index (κ1) is 15.2. The Morgan fingerprint density at radius 2 is 2.43 bits per heavy atom. The lowest BCUT2D eigenvalue weighted by atomic mass is 10.2. The maximum atomic E-state index is 11.3. The third-order valence-electron chi connectivity index (χ3n) is 3.42. The summed E-state index contributed by atoms with van der Waals surface area (Å²) < 4.78 is 5.54. The van der Waals surface area contributed by atoms with Crippen molar-refractivity contribution in [2.75, 3.05) is 24.6 Å². The van der Waals surface area contributed by atoms with Crippen LogP contribution in [-0.2, 0) is 4.74 Å². The van der Waals surface area contributed by atoms with Gasteiger partial charge in [0.05, 0.1) is 11.0 Å². The van der Waals surface area contributed by atoms with E-state index in [-0.39, 0.29) is 23.2 Å².